The third-order valence-electron chi connectivity index (χ3n) is 3.84. The molecule has 0 aliphatic rings. The highest BCUT2D eigenvalue weighted by Crippen LogP contribution is 2.19. The molecule has 0 bridgehead atoms. The summed E-state index contributed by atoms with van der Waals surface area (Å²) in [5.41, 5.74) is -0.931. The van der Waals surface area contributed by atoms with Crippen LogP contribution in [0.5, 0.6) is 0 Å². The lowest BCUT2D eigenvalue weighted by atomic mass is 9.87. The molecule has 0 spiro atoms. The summed E-state index contributed by atoms with van der Waals surface area (Å²) in [6.45, 7) is 5.72. The van der Waals surface area contributed by atoms with E-state index in [0.717, 1.165) is 24.3 Å². The van der Waals surface area contributed by atoms with E-state index in [-0.39, 0.29) is 31.4 Å². The standard InChI is InChI=1S/C18H34N2O6S/c1-4-26-15(23)7-5-6-11-27-12-10-19-14(22)8-9-20-17(25)16(24)18(2,3)13-21/h16,21,24H,4-13H2,1-3H3,(H,19,22)(H,20,25). The van der Waals surface area contributed by atoms with Crippen LogP contribution in [-0.2, 0) is 19.1 Å². The van der Waals surface area contributed by atoms with Gasteiger partial charge in [0, 0.05) is 37.1 Å². The molecule has 2 amide bonds. The molecule has 1 unspecified atom stereocenters. The van der Waals surface area contributed by atoms with Crippen LogP contribution in [0.25, 0.3) is 0 Å². The molecule has 8 nitrogen and oxygen atoms in total. The predicted molar refractivity (Wildman–Crippen MR) is 105 cm³/mol. The zero-order chi connectivity index (χ0) is 20.7. The van der Waals surface area contributed by atoms with Gasteiger partial charge in [-0.2, -0.15) is 11.8 Å². The molecule has 0 aliphatic carbocycles. The lowest BCUT2D eigenvalue weighted by molar-refractivity contribution is -0.143. The minimum absolute atomic E-state index is 0.127. The van der Waals surface area contributed by atoms with Gasteiger partial charge in [-0.3, -0.25) is 14.4 Å². The smallest absolute Gasteiger partial charge is 0.305 e. The summed E-state index contributed by atoms with van der Waals surface area (Å²) < 4.78 is 4.85. The Morgan fingerprint density at radius 3 is 2.41 bits per heavy atom. The minimum Gasteiger partial charge on any atom is -0.466 e. The van der Waals surface area contributed by atoms with Crippen LogP contribution >= 0.6 is 11.8 Å². The highest BCUT2D eigenvalue weighted by atomic mass is 32.2. The monoisotopic (exact) mass is 406 g/mol. The first kappa shape index (κ1) is 25.7. The van der Waals surface area contributed by atoms with E-state index in [1.807, 2.05) is 0 Å². The second kappa shape index (κ2) is 14.7. The number of unbranched alkanes of at least 4 members (excludes halogenated alkanes) is 1. The molecule has 158 valence electrons. The maximum absolute atomic E-state index is 11.8. The van der Waals surface area contributed by atoms with Gasteiger partial charge < -0.3 is 25.6 Å². The molecule has 1 atom stereocenters. The summed E-state index contributed by atoms with van der Waals surface area (Å²) in [4.78, 5) is 34.6. The van der Waals surface area contributed by atoms with Crippen molar-refractivity contribution in [2.24, 2.45) is 5.41 Å². The van der Waals surface area contributed by atoms with Crippen molar-refractivity contribution in [1.82, 2.24) is 10.6 Å². The minimum atomic E-state index is -1.33. The first-order valence-electron chi connectivity index (χ1n) is 9.31. The second-order valence-electron chi connectivity index (χ2n) is 6.81. The topological polar surface area (TPSA) is 125 Å². The molecule has 0 aromatic rings. The lowest BCUT2D eigenvalue weighted by Crippen LogP contribution is -2.46. The van der Waals surface area contributed by atoms with E-state index in [4.69, 9.17) is 9.84 Å². The van der Waals surface area contributed by atoms with Gasteiger partial charge in [-0.25, -0.2) is 0 Å². The predicted octanol–water partition coefficient (Wildman–Crippen LogP) is 0.455. The highest BCUT2D eigenvalue weighted by Gasteiger charge is 2.32. The van der Waals surface area contributed by atoms with E-state index < -0.39 is 17.4 Å². The molecule has 0 saturated heterocycles. The third kappa shape index (κ3) is 12.6. The fourth-order valence-electron chi connectivity index (χ4n) is 2.00. The molecule has 9 heteroatoms. The van der Waals surface area contributed by atoms with E-state index in [0.29, 0.717) is 19.6 Å². The summed E-state index contributed by atoms with van der Waals surface area (Å²) in [6.07, 6.45) is 0.974. The van der Waals surface area contributed by atoms with Crippen molar-refractivity contribution < 1.29 is 29.3 Å². The quantitative estimate of drug-likeness (QED) is 0.230. The van der Waals surface area contributed by atoms with E-state index in [1.54, 1.807) is 32.5 Å². The molecule has 4 N–H and O–H groups in total. The number of aliphatic hydroxyl groups excluding tert-OH is 2. The summed E-state index contributed by atoms with van der Waals surface area (Å²) in [5, 5.41) is 24.2. The van der Waals surface area contributed by atoms with Crippen LogP contribution in [0.4, 0.5) is 0 Å². The number of ether oxygens (including phenoxy) is 1. The van der Waals surface area contributed by atoms with Crippen LogP contribution in [0.2, 0.25) is 0 Å². The van der Waals surface area contributed by atoms with E-state index in [9.17, 15) is 19.5 Å². The Hall–Kier alpha value is -1.32. The fraction of sp³-hybridized carbons (Fsp3) is 0.833. The summed E-state index contributed by atoms with van der Waals surface area (Å²) in [7, 11) is 0. The summed E-state index contributed by atoms with van der Waals surface area (Å²) in [5.74, 6) is 0.772. The van der Waals surface area contributed by atoms with Crippen LogP contribution in [0, 0.1) is 5.41 Å². The number of hydrogen-bond acceptors (Lipinski definition) is 7. The first-order valence-corrected chi connectivity index (χ1v) is 10.5. The number of rotatable bonds is 15. The van der Waals surface area contributed by atoms with Gasteiger partial charge >= 0.3 is 5.97 Å². The normalized spacial score (nSPS) is 12.3. The Morgan fingerprint density at radius 1 is 1.07 bits per heavy atom. The van der Waals surface area contributed by atoms with Crippen LogP contribution in [0.3, 0.4) is 0 Å². The average Bonchev–Trinajstić information content (AvgIpc) is 2.63. The van der Waals surface area contributed by atoms with Crippen LogP contribution in [0.15, 0.2) is 0 Å². The molecule has 0 rings (SSSR count). The number of carbonyl (C=O) groups excluding carboxylic acids is 3. The number of thioether (sulfide) groups is 1. The molecule has 0 saturated carbocycles. The number of esters is 1. The van der Waals surface area contributed by atoms with Gasteiger partial charge in [0.2, 0.25) is 11.8 Å². The SMILES string of the molecule is CCOC(=O)CCCCSCCNC(=O)CCNC(=O)C(O)C(C)(C)CO. The molecule has 0 aromatic heterocycles. The van der Waals surface area contributed by atoms with Crippen molar-refractivity contribution >= 4 is 29.5 Å². The number of amides is 2. The van der Waals surface area contributed by atoms with Crippen LogP contribution in [-0.4, -0.2) is 71.9 Å². The molecule has 0 radical (unpaired) electrons. The highest BCUT2D eigenvalue weighted by molar-refractivity contribution is 7.99. The van der Waals surface area contributed by atoms with Gasteiger partial charge in [0.25, 0.3) is 0 Å². The molecule has 0 fully saturated rings. The van der Waals surface area contributed by atoms with Gasteiger partial charge in [-0.1, -0.05) is 13.8 Å². The van der Waals surface area contributed by atoms with Crippen molar-refractivity contribution in [2.75, 3.05) is 37.8 Å². The van der Waals surface area contributed by atoms with E-state index in [1.165, 1.54) is 0 Å². The Kier molecular flexibility index (Phi) is 14.0. The zero-order valence-electron chi connectivity index (χ0n) is 16.6. The number of carbonyl (C=O) groups is 3. The van der Waals surface area contributed by atoms with Gasteiger partial charge in [-0.15, -0.1) is 0 Å². The maximum atomic E-state index is 11.8. The number of aliphatic hydroxyl groups is 2. The number of nitrogens with one attached hydrogen (secondary N) is 2. The Labute approximate surface area is 165 Å². The van der Waals surface area contributed by atoms with E-state index >= 15 is 0 Å². The Bertz CT molecular complexity index is 459. The third-order valence-corrected chi connectivity index (χ3v) is 4.91. The van der Waals surface area contributed by atoms with Crippen molar-refractivity contribution in [3.8, 4) is 0 Å². The van der Waals surface area contributed by atoms with Crippen molar-refractivity contribution in [1.29, 1.82) is 0 Å². The summed E-state index contributed by atoms with van der Waals surface area (Å²) >= 11 is 1.70. The van der Waals surface area contributed by atoms with Crippen molar-refractivity contribution in [2.45, 2.75) is 52.6 Å². The van der Waals surface area contributed by atoms with Crippen LogP contribution in [0.1, 0.15) is 46.5 Å². The van der Waals surface area contributed by atoms with E-state index in [2.05, 4.69) is 10.6 Å². The maximum Gasteiger partial charge on any atom is 0.305 e. The molecule has 27 heavy (non-hydrogen) atoms. The van der Waals surface area contributed by atoms with Crippen LogP contribution < -0.4 is 10.6 Å². The zero-order valence-corrected chi connectivity index (χ0v) is 17.4. The lowest BCUT2D eigenvalue weighted by Gasteiger charge is -2.27. The largest absolute Gasteiger partial charge is 0.466 e. The summed E-state index contributed by atoms with van der Waals surface area (Å²) in [6, 6.07) is 0. The fourth-order valence-corrected chi connectivity index (χ4v) is 2.86. The van der Waals surface area contributed by atoms with Gasteiger partial charge in [0.15, 0.2) is 0 Å². The average molecular weight is 407 g/mol. The van der Waals surface area contributed by atoms with Crippen molar-refractivity contribution in [3.05, 3.63) is 0 Å². The van der Waals surface area contributed by atoms with Gasteiger partial charge in [0.1, 0.15) is 6.10 Å². The molecule has 0 aromatic carbocycles. The molecule has 0 aliphatic heterocycles. The molecule has 0 heterocycles. The second-order valence-corrected chi connectivity index (χ2v) is 8.04. The molecular weight excluding hydrogens is 372 g/mol. The Morgan fingerprint density at radius 2 is 1.78 bits per heavy atom. The first-order chi connectivity index (χ1) is 12.7. The number of hydrogen-bond donors (Lipinski definition) is 4. The Balaban J connectivity index is 3.62. The van der Waals surface area contributed by atoms with Gasteiger partial charge in [-0.05, 0) is 25.5 Å². The molecular formula is C18H34N2O6S. The van der Waals surface area contributed by atoms with Gasteiger partial charge in [0.05, 0.1) is 13.2 Å². The van der Waals surface area contributed by atoms with Crippen molar-refractivity contribution in [3.63, 3.8) is 0 Å².